The second-order valence-electron chi connectivity index (χ2n) is 4.27. The summed E-state index contributed by atoms with van der Waals surface area (Å²) in [7, 11) is 0. The van der Waals surface area contributed by atoms with Crippen LogP contribution in [0.3, 0.4) is 0 Å². The van der Waals surface area contributed by atoms with Crippen molar-refractivity contribution in [1.82, 2.24) is 10.1 Å². The summed E-state index contributed by atoms with van der Waals surface area (Å²) >= 11 is 0. The molecule has 0 saturated carbocycles. The Morgan fingerprint density at radius 1 is 1.47 bits per heavy atom. The predicted molar refractivity (Wildman–Crippen MR) is 58.0 cm³/mol. The van der Waals surface area contributed by atoms with E-state index in [1.807, 2.05) is 6.92 Å². The van der Waals surface area contributed by atoms with Gasteiger partial charge in [-0.2, -0.15) is 4.98 Å². The summed E-state index contributed by atoms with van der Waals surface area (Å²) in [5, 5.41) is 3.93. The Bertz CT molecular complexity index is 526. The van der Waals surface area contributed by atoms with Gasteiger partial charge in [0.15, 0.2) is 0 Å². The Labute approximate surface area is 97.7 Å². The summed E-state index contributed by atoms with van der Waals surface area (Å²) < 4.78 is 15.7. The molecule has 6 heteroatoms. The summed E-state index contributed by atoms with van der Waals surface area (Å²) in [5.74, 6) is 1.68. The van der Waals surface area contributed by atoms with Gasteiger partial charge in [-0.25, -0.2) is 0 Å². The molecule has 1 aliphatic heterocycles. The van der Waals surface area contributed by atoms with Crippen molar-refractivity contribution in [2.75, 3.05) is 13.2 Å². The fourth-order valence-electron chi connectivity index (χ4n) is 1.90. The quantitative estimate of drug-likeness (QED) is 0.841. The smallest absolute Gasteiger partial charge is 0.249 e. The number of ether oxygens (including phenoxy) is 1. The third-order valence-electron chi connectivity index (χ3n) is 3.00. The highest BCUT2D eigenvalue weighted by Crippen LogP contribution is 2.29. The van der Waals surface area contributed by atoms with Crippen molar-refractivity contribution in [1.29, 1.82) is 0 Å². The second kappa shape index (κ2) is 3.68. The lowest BCUT2D eigenvalue weighted by molar-refractivity contribution is 0.166. The summed E-state index contributed by atoms with van der Waals surface area (Å²) in [6, 6.07) is 1.80. The van der Waals surface area contributed by atoms with Gasteiger partial charge in [0.25, 0.3) is 0 Å². The van der Waals surface area contributed by atoms with Crippen LogP contribution in [0, 0.1) is 6.92 Å². The van der Waals surface area contributed by atoms with E-state index < -0.39 is 5.54 Å². The van der Waals surface area contributed by atoms with Crippen molar-refractivity contribution in [3.63, 3.8) is 0 Å². The van der Waals surface area contributed by atoms with E-state index in [4.69, 9.17) is 19.4 Å². The van der Waals surface area contributed by atoms with E-state index >= 15 is 0 Å². The Hall–Kier alpha value is -1.66. The molecule has 2 aromatic rings. The maximum atomic E-state index is 6.14. The Morgan fingerprint density at radius 3 is 3.00 bits per heavy atom. The van der Waals surface area contributed by atoms with Crippen LogP contribution >= 0.6 is 0 Å². The molecule has 0 radical (unpaired) electrons. The fourth-order valence-corrected chi connectivity index (χ4v) is 1.90. The molecule has 2 aromatic heterocycles. The lowest BCUT2D eigenvalue weighted by Crippen LogP contribution is -2.37. The van der Waals surface area contributed by atoms with Crippen molar-refractivity contribution in [3.05, 3.63) is 24.0 Å². The van der Waals surface area contributed by atoms with Crippen molar-refractivity contribution in [2.24, 2.45) is 5.73 Å². The van der Waals surface area contributed by atoms with Gasteiger partial charge in [0.05, 0.1) is 18.4 Å². The van der Waals surface area contributed by atoms with E-state index in [0.29, 0.717) is 31.3 Å². The van der Waals surface area contributed by atoms with Crippen LogP contribution in [-0.4, -0.2) is 23.4 Å². The van der Waals surface area contributed by atoms with E-state index in [0.717, 1.165) is 11.3 Å². The van der Waals surface area contributed by atoms with Crippen molar-refractivity contribution < 1.29 is 13.7 Å². The summed E-state index contributed by atoms with van der Waals surface area (Å²) in [6.45, 7) is 2.89. The summed E-state index contributed by atoms with van der Waals surface area (Å²) in [5.41, 5.74) is 6.31. The van der Waals surface area contributed by atoms with Crippen LogP contribution in [0.4, 0.5) is 0 Å². The van der Waals surface area contributed by atoms with Gasteiger partial charge in [-0.05, 0) is 19.4 Å². The number of nitrogens with zero attached hydrogens (tertiary/aromatic N) is 2. The minimum atomic E-state index is -0.650. The molecule has 1 saturated heterocycles. The van der Waals surface area contributed by atoms with Crippen molar-refractivity contribution in [3.8, 4) is 11.4 Å². The number of nitrogens with two attached hydrogens (primary N) is 1. The summed E-state index contributed by atoms with van der Waals surface area (Å²) in [6.07, 6.45) is 2.29. The highest BCUT2D eigenvalue weighted by Gasteiger charge is 2.38. The first kappa shape index (κ1) is 10.5. The Kier molecular flexibility index (Phi) is 2.27. The maximum absolute atomic E-state index is 6.14. The van der Waals surface area contributed by atoms with Crippen LogP contribution < -0.4 is 5.73 Å². The molecular formula is C11H13N3O3. The van der Waals surface area contributed by atoms with Gasteiger partial charge in [-0.1, -0.05) is 5.16 Å². The third-order valence-corrected chi connectivity index (χ3v) is 3.00. The molecule has 1 aliphatic rings. The highest BCUT2D eigenvalue weighted by molar-refractivity contribution is 5.56. The molecule has 17 heavy (non-hydrogen) atoms. The van der Waals surface area contributed by atoms with Crippen LogP contribution in [0.15, 0.2) is 21.3 Å². The molecular weight excluding hydrogens is 222 g/mol. The van der Waals surface area contributed by atoms with Gasteiger partial charge in [0, 0.05) is 6.61 Å². The van der Waals surface area contributed by atoms with Gasteiger partial charge in [-0.3, -0.25) is 0 Å². The van der Waals surface area contributed by atoms with Crippen LogP contribution in [0.2, 0.25) is 0 Å². The van der Waals surface area contributed by atoms with Gasteiger partial charge in [0.1, 0.15) is 11.3 Å². The minimum absolute atomic E-state index is 0.416. The molecule has 3 heterocycles. The van der Waals surface area contributed by atoms with Gasteiger partial charge in [0.2, 0.25) is 11.7 Å². The van der Waals surface area contributed by atoms with Crippen LogP contribution in [-0.2, 0) is 10.3 Å². The number of furan rings is 1. The van der Waals surface area contributed by atoms with Crippen LogP contribution in [0.1, 0.15) is 18.1 Å². The monoisotopic (exact) mass is 235 g/mol. The first-order valence-electron chi connectivity index (χ1n) is 5.44. The fraction of sp³-hybridized carbons (Fsp3) is 0.455. The average Bonchev–Trinajstić information content (AvgIpc) is 2.97. The number of rotatable bonds is 2. The lowest BCUT2D eigenvalue weighted by Gasteiger charge is -2.14. The number of aromatic nitrogens is 2. The predicted octanol–water partition coefficient (Wildman–Crippen LogP) is 1.21. The first-order valence-corrected chi connectivity index (χ1v) is 5.44. The standard InChI is InChI=1S/C11H13N3O3/c1-7-8(2-4-16-7)9-13-10(17-14-9)11(12)3-5-15-6-11/h2,4H,3,5-6,12H2,1H3. The van der Waals surface area contributed by atoms with Gasteiger partial charge >= 0.3 is 0 Å². The van der Waals surface area contributed by atoms with E-state index in [9.17, 15) is 0 Å². The molecule has 2 N–H and O–H groups in total. The Morgan fingerprint density at radius 2 is 2.35 bits per heavy atom. The zero-order chi connectivity index (χ0) is 11.9. The second-order valence-corrected chi connectivity index (χ2v) is 4.27. The minimum Gasteiger partial charge on any atom is -0.469 e. The van der Waals surface area contributed by atoms with Crippen LogP contribution in [0.25, 0.3) is 11.4 Å². The molecule has 90 valence electrons. The molecule has 0 aliphatic carbocycles. The topological polar surface area (TPSA) is 87.3 Å². The molecule has 6 nitrogen and oxygen atoms in total. The van der Waals surface area contributed by atoms with E-state index in [-0.39, 0.29) is 0 Å². The zero-order valence-electron chi connectivity index (χ0n) is 9.47. The molecule has 1 unspecified atom stereocenters. The third kappa shape index (κ3) is 1.65. The Balaban J connectivity index is 1.96. The van der Waals surface area contributed by atoms with E-state index in [1.165, 1.54) is 0 Å². The van der Waals surface area contributed by atoms with Gasteiger partial charge < -0.3 is 19.4 Å². The molecule has 0 spiro atoms. The normalized spacial score (nSPS) is 24.4. The molecule has 3 rings (SSSR count). The molecule has 1 atom stereocenters. The molecule has 0 aromatic carbocycles. The average molecular weight is 235 g/mol. The van der Waals surface area contributed by atoms with E-state index in [2.05, 4.69) is 10.1 Å². The SMILES string of the molecule is Cc1occc1-c1noc(C2(N)CCOC2)n1. The van der Waals surface area contributed by atoms with Gasteiger partial charge in [-0.15, -0.1) is 0 Å². The van der Waals surface area contributed by atoms with Crippen LogP contribution in [0.5, 0.6) is 0 Å². The lowest BCUT2D eigenvalue weighted by atomic mass is 10.0. The summed E-state index contributed by atoms with van der Waals surface area (Å²) in [4.78, 5) is 4.32. The first-order chi connectivity index (χ1) is 8.19. The number of aryl methyl sites for hydroxylation is 1. The molecule has 0 bridgehead atoms. The maximum Gasteiger partial charge on any atom is 0.249 e. The van der Waals surface area contributed by atoms with E-state index in [1.54, 1.807) is 12.3 Å². The molecule has 0 amide bonds. The van der Waals surface area contributed by atoms with Crippen molar-refractivity contribution in [2.45, 2.75) is 18.9 Å². The number of hydrogen-bond donors (Lipinski definition) is 1. The zero-order valence-corrected chi connectivity index (χ0v) is 9.47. The largest absolute Gasteiger partial charge is 0.469 e. The number of hydrogen-bond acceptors (Lipinski definition) is 6. The van der Waals surface area contributed by atoms with Crippen molar-refractivity contribution >= 4 is 0 Å². The molecule has 1 fully saturated rings. The highest BCUT2D eigenvalue weighted by atomic mass is 16.5.